The Balaban J connectivity index is 1.85. The van der Waals surface area contributed by atoms with Crippen molar-refractivity contribution in [2.45, 2.75) is 45.3 Å². The summed E-state index contributed by atoms with van der Waals surface area (Å²) in [6.45, 7) is 4.68. The molecule has 2 rings (SSSR count). The first-order valence-corrected chi connectivity index (χ1v) is 5.54. The molecule has 0 amide bonds. The normalized spacial score (nSPS) is 40.1. The first-order valence-electron chi connectivity index (χ1n) is 5.54. The maximum absolute atomic E-state index is 11.7. The van der Waals surface area contributed by atoms with Crippen molar-refractivity contribution in [2.75, 3.05) is 6.61 Å². The van der Waals surface area contributed by atoms with Crippen LogP contribution >= 0.6 is 0 Å². The van der Waals surface area contributed by atoms with Crippen LogP contribution in [0, 0.1) is 11.8 Å². The van der Waals surface area contributed by atoms with Gasteiger partial charge in [-0.1, -0.05) is 13.8 Å². The lowest BCUT2D eigenvalue weighted by molar-refractivity contribution is -0.151. The van der Waals surface area contributed by atoms with E-state index >= 15 is 0 Å². The lowest BCUT2D eigenvalue weighted by Crippen LogP contribution is -2.30. The highest BCUT2D eigenvalue weighted by Crippen LogP contribution is 2.42. The lowest BCUT2D eigenvalue weighted by Gasteiger charge is -2.24. The van der Waals surface area contributed by atoms with Gasteiger partial charge in [0.25, 0.3) is 0 Å². The molecule has 2 aliphatic rings. The van der Waals surface area contributed by atoms with Crippen molar-refractivity contribution in [3.63, 3.8) is 0 Å². The summed E-state index contributed by atoms with van der Waals surface area (Å²) in [5, 5.41) is 0. The molecule has 1 saturated heterocycles. The van der Waals surface area contributed by atoms with Gasteiger partial charge in [0.2, 0.25) is 0 Å². The molecule has 0 bridgehead atoms. The highest BCUT2D eigenvalue weighted by molar-refractivity contribution is 5.73. The number of carbonyl (C=O) groups excluding carboxylic acids is 1. The second-order valence-corrected chi connectivity index (χ2v) is 4.44. The van der Waals surface area contributed by atoms with Crippen molar-refractivity contribution in [2.24, 2.45) is 11.8 Å². The van der Waals surface area contributed by atoms with Gasteiger partial charge in [-0.25, -0.2) is 0 Å². The van der Waals surface area contributed by atoms with Gasteiger partial charge in [-0.05, 0) is 25.2 Å². The van der Waals surface area contributed by atoms with E-state index in [1.54, 1.807) is 0 Å². The van der Waals surface area contributed by atoms with Crippen LogP contribution in [0.4, 0.5) is 0 Å². The summed E-state index contributed by atoms with van der Waals surface area (Å²) >= 11 is 0. The molecule has 3 nitrogen and oxygen atoms in total. The van der Waals surface area contributed by atoms with E-state index in [0.717, 1.165) is 19.3 Å². The highest BCUT2D eigenvalue weighted by Gasteiger charge is 2.49. The number of carbonyl (C=O) groups is 1. The minimum Gasteiger partial charge on any atom is -0.465 e. The third kappa shape index (κ3) is 1.92. The fourth-order valence-corrected chi connectivity index (χ4v) is 2.25. The number of fused-ring (bicyclic) bond motifs is 1. The Kier molecular flexibility index (Phi) is 2.77. The topological polar surface area (TPSA) is 38.8 Å². The summed E-state index contributed by atoms with van der Waals surface area (Å²) in [5.74, 6) is 0.474. The van der Waals surface area contributed by atoms with E-state index in [2.05, 4.69) is 6.92 Å². The molecule has 14 heavy (non-hydrogen) atoms. The van der Waals surface area contributed by atoms with Crippen LogP contribution in [0.3, 0.4) is 0 Å². The molecular weight excluding hydrogens is 180 g/mol. The number of esters is 1. The Hall–Kier alpha value is -0.570. The minimum absolute atomic E-state index is 0.0201. The van der Waals surface area contributed by atoms with Gasteiger partial charge in [-0.2, -0.15) is 0 Å². The molecule has 80 valence electrons. The Bertz CT molecular complexity index is 227. The van der Waals surface area contributed by atoms with E-state index in [9.17, 15) is 4.79 Å². The van der Waals surface area contributed by atoms with Crippen LogP contribution in [0.1, 0.15) is 33.1 Å². The number of rotatable bonds is 3. The smallest absolute Gasteiger partial charge is 0.309 e. The van der Waals surface area contributed by atoms with E-state index in [1.165, 1.54) is 0 Å². The van der Waals surface area contributed by atoms with E-state index in [4.69, 9.17) is 9.47 Å². The average molecular weight is 198 g/mol. The minimum atomic E-state index is -0.0201. The summed E-state index contributed by atoms with van der Waals surface area (Å²) in [6, 6.07) is 0. The van der Waals surface area contributed by atoms with Gasteiger partial charge < -0.3 is 9.47 Å². The van der Waals surface area contributed by atoms with Gasteiger partial charge in [0.05, 0.1) is 24.7 Å². The molecule has 0 aromatic carbocycles. The third-order valence-electron chi connectivity index (χ3n) is 3.22. The molecule has 2 fully saturated rings. The Morgan fingerprint density at radius 2 is 2.14 bits per heavy atom. The van der Waals surface area contributed by atoms with Crippen LogP contribution in [0.2, 0.25) is 0 Å². The van der Waals surface area contributed by atoms with Crippen LogP contribution in [-0.4, -0.2) is 24.8 Å². The van der Waals surface area contributed by atoms with Gasteiger partial charge in [0.15, 0.2) is 0 Å². The summed E-state index contributed by atoms with van der Waals surface area (Å²) in [4.78, 5) is 11.7. The molecular formula is C11H18O3. The van der Waals surface area contributed by atoms with Crippen molar-refractivity contribution in [3.05, 3.63) is 0 Å². The first-order chi connectivity index (χ1) is 6.72. The third-order valence-corrected chi connectivity index (χ3v) is 3.22. The summed E-state index contributed by atoms with van der Waals surface area (Å²) in [6.07, 6.45) is 3.59. The molecule has 1 aliphatic carbocycles. The fraction of sp³-hybridized carbons (Fsp3) is 0.909. The standard InChI is InChI=1S/C11H18O3/c1-3-4-13-11(12)8-6-10-9(14-10)5-7(8)2/h7-10H,3-6H2,1-2H3. The van der Waals surface area contributed by atoms with Crippen molar-refractivity contribution in [1.82, 2.24) is 0 Å². The summed E-state index contributed by atoms with van der Waals surface area (Å²) in [7, 11) is 0. The van der Waals surface area contributed by atoms with Gasteiger partial charge in [-0.3, -0.25) is 4.79 Å². The SMILES string of the molecule is CCCOC(=O)C1CC2OC2CC1C. The lowest BCUT2D eigenvalue weighted by atomic mass is 9.80. The second kappa shape index (κ2) is 3.89. The number of hydrogen-bond acceptors (Lipinski definition) is 3. The fourth-order valence-electron chi connectivity index (χ4n) is 2.25. The largest absolute Gasteiger partial charge is 0.465 e. The quantitative estimate of drug-likeness (QED) is 0.512. The molecule has 0 aromatic heterocycles. The number of ether oxygens (including phenoxy) is 2. The van der Waals surface area contributed by atoms with Crippen LogP contribution in [0.15, 0.2) is 0 Å². The Morgan fingerprint density at radius 3 is 2.86 bits per heavy atom. The molecule has 4 atom stereocenters. The molecule has 1 saturated carbocycles. The summed E-state index contributed by atoms with van der Waals surface area (Å²) < 4.78 is 10.6. The van der Waals surface area contributed by atoms with Crippen LogP contribution in [0.5, 0.6) is 0 Å². The van der Waals surface area contributed by atoms with Crippen molar-refractivity contribution in [1.29, 1.82) is 0 Å². The molecule has 0 radical (unpaired) electrons. The highest BCUT2D eigenvalue weighted by atomic mass is 16.6. The maximum Gasteiger partial charge on any atom is 0.309 e. The molecule has 4 unspecified atom stereocenters. The predicted molar refractivity (Wildman–Crippen MR) is 51.8 cm³/mol. The van der Waals surface area contributed by atoms with Crippen LogP contribution in [0.25, 0.3) is 0 Å². The van der Waals surface area contributed by atoms with Crippen molar-refractivity contribution < 1.29 is 14.3 Å². The number of hydrogen-bond donors (Lipinski definition) is 0. The Labute approximate surface area is 84.8 Å². The maximum atomic E-state index is 11.7. The van der Waals surface area contributed by atoms with Crippen LogP contribution < -0.4 is 0 Å². The molecule has 1 heterocycles. The zero-order chi connectivity index (χ0) is 10.1. The van der Waals surface area contributed by atoms with Gasteiger partial charge in [0.1, 0.15) is 0 Å². The monoisotopic (exact) mass is 198 g/mol. The van der Waals surface area contributed by atoms with Gasteiger partial charge in [0, 0.05) is 0 Å². The molecule has 1 aliphatic heterocycles. The second-order valence-electron chi connectivity index (χ2n) is 4.44. The van der Waals surface area contributed by atoms with E-state index in [-0.39, 0.29) is 11.9 Å². The molecule has 0 N–H and O–H groups in total. The average Bonchev–Trinajstić information content (AvgIpc) is 2.90. The van der Waals surface area contributed by atoms with E-state index < -0.39 is 0 Å². The molecule has 3 heteroatoms. The van der Waals surface area contributed by atoms with Crippen molar-refractivity contribution in [3.8, 4) is 0 Å². The summed E-state index contributed by atoms with van der Waals surface area (Å²) in [5.41, 5.74) is 0. The number of epoxide rings is 1. The van der Waals surface area contributed by atoms with E-state index in [0.29, 0.717) is 24.7 Å². The van der Waals surface area contributed by atoms with Crippen LogP contribution in [-0.2, 0) is 14.3 Å². The zero-order valence-electron chi connectivity index (χ0n) is 8.86. The Morgan fingerprint density at radius 1 is 1.43 bits per heavy atom. The van der Waals surface area contributed by atoms with Gasteiger partial charge >= 0.3 is 5.97 Å². The van der Waals surface area contributed by atoms with Crippen molar-refractivity contribution >= 4 is 5.97 Å². The van der Waals surface area contributed by atoms with Gasteiger partial charge in [-0.15, -0.1) is 0 Å². The van der Waals surface area contributed by atoms with E-state index in [1.807, 2.05) is 6.92 Å². The first kappa shape index (κ1) is 9.97. The molecule has 0 spiro atoms. The zero-order valence-corrected chi connectivity index (χ0v) is 8.86. The molecule has 0 aromatic rings. The predicted octanol–water partition coefficient (Wildman–Crippen LogP) is 1.75.